The fourth-order valence-corrected chi connectivity index (χ4v) is 2.19. The minimum Gasteiger partial charge on any atom is -0.399 e. The fraction of sp³-hybridized carbons (Fsp3) is 0.143. The number of halogens is 4. The molecule has 0 heterocycles. The predicted molar refractivity (Wildman–Crippen MR) is 77.3 cm³/mol. The highest BCUT2D eigenvalue weighted by atomic mass is 79.9. The molecule has 3 N–H and O–H groups in total. The first-order chi connectivity index (χ1) is 9.36. The van der Waals surface area contributed by atoms with Crippen molar-refractivity contribution in [2.24, 2.45) is 0 Å². The first-order valence-corrected chi connectivity index (χ1v) is 6.60. The van der Waals surface area contributed by atoms with Crippen LogP contribution >= 0.6 is 15.9 Å². The molecule has 0 atom stereocenters. The summed E-state index contributed by atoms with van der Waals surface area (Å²) in [5.41, 5.74) is 7.17. The van der Waals surface area contributed by atoms with Crippen molar-refractivity contribution in [3.05, 3.63) is 58.1 Å². The molecular formula is C14H12BrF3N2. The molecule has 0 aliphatic rings. The van der Waals surface area contributed by atoms with E-state index in [4.69, 9.17) is 5.73 Å². The van der Waals surface area contributed by atoms with Crippen molar-refractivity contribution in [2.75, 3.05) is 11.1 Å². The number of nitrogens with two attached hydrogens (primary N) is 1. The van der Waals surface area contributed by atoms with E-state index in [-0.39, 0.29) is 0 Å². The van der Waals surface area contributed by atoms with Gasteiger partial charge in [-0.05, 0) is 51.8 Å². The highest BCUT2D eigenvalue weighted by Crippen LogP contribution is 2.34. The van der Waals surface area contributed by atoms with E-state index in [0.29, 0.717) is 22.4 Å². The van der Waals surface area contributed by atoms with Gasteiger partial charge in [0.2, 0.25) is 0 Å². The predicted octanol–water partition coefficient (Wildman–Crippen LogP) is 4.66. The van der Waals surface area contributed by atoms with E-state index in [1.807, 2.05) is 12.1 Å². The molecule has 2 aromatic rings. The van der Waals surface area contributed by atoms with Crippen LogP contribution < -0.4 is 11.1 Å². The van der Waals surface area contributed by atoms with Crippen molar-refractivity contribution in [3.63, 3.8) is 0 Å². The molecule has 0 fully saturated rings. The molecule has 0 radical (unpaired) electrons. The Balaban J connectivity index is 2.08. The van der Waals surface area contributed by atoms with E-state index < -0.39 is 11.7 Å². The molecule has 0 saturated heterocycles. The second kappa shape index (κ2) is 5.75. The highest BCUT2D eigenvalue weighted by Gasteiger charge is 2.30. The number of nitrogen functional groups attached to an aromatic ring is 1. The van der Waals surface area contributed by atoms with Crippen LogP contribution in [-0.2, 0) is 12.7 Å². The Labute approximate surface area is 122 Å². The van der Waals surface area contributed by atoms with Gasteiger partial charge >= 0.3 is 6.18 Å². The summed E-state index contributed by atoms with van der Waals surface area (Å²) in [5, 5.41) is 3.07. The topological polar surface area (TPSA) is 38.0 Å². The Morgan fingerprint density at radius 2 is 1.70 bits per heavy atom. The van der Waals surface area contributed by atoms with Crippen molar-refractivity contribution in [1.29, 1.82) is 0 Å². The maximum atomic E-state index is 12.5. The monoisotopic (exact) mass is 344 g/mol. The molecule has 0 aliphatic heterocycles. The van der Waals surface area contributed by atoms with Gasteiger partial charge in [-0.15, -0.1) is 0 Å². The maximum absolute atomic E-state index is 12.5. The lowest BCUT2D eigenvalue weighted by molar-refractivity contribution is -0.137. The number of benzene rings is 2. The number of alkyl halides is 3. The van der Waals surface area contributed by atoms with Gasteiger partial charge in [0.1, 0.15) is 0 Å². The van der Waals surface area contributed by atoms with Crippen LogP contribution in [0.3, 0.4) is 0 Å². The van der Waals surface area contributed by atoms with Gasteiger partial charge < -0.3 is 11.1 Å². The third-order valence-corrected chi connectivity index (χ3v) is 3.42. The average Bonchev–Trinajstić information content (AvgIpc) is 2.38. The van der Waals surface area contributed by atoms with Gasteiger partial charge in [-0.2, -0.15) is 13.2 Å². The standard InChI is InChI=1S/C14H12BrF3N2/c15-12-7-10(14(16,17)18)3-6-13(12)20-8-9-1-4-11(19)5-2-9/h1-7,20H,8,19H2. The molecule has 0 aliphatic carbocycles. The Hall–Kier alpha value is -1.69. The maximum Gasteiger partial charge on any atom is 0.416 e. The quantitative estimate of drug-likeness (QED) is 0.794. The van der Waals surface area contributed by atoms with Gasteiger partial charge in [-0.1, -0.05) is 12.1 Å². The minimum atomic E-state index is -4.34. The van der Waals surface area contributed by atoms with Gasteiger partial charge in [-0.3, -0.25) is 0 Å². The molecule has 20 heavy (non-hydrogen) atoms. The van der Waals surface area contributed by atoms with Crippen LogP contribution in [0.5, 0.6) is 0 Å². The van der Waals surface area contributed by atoms with E-state index in [2.05, 4.69) is 21.2 Å². The third kappa shape index (κ3) is 3.66. The minimum absolute atomic E-state index is 0.378. The molecule has 2 nitrogen and oxygen atoms in total. The first kappa shape index (κ1) is 14.7. The first-order valence-electron chi connectivity index (χ1n) is 5.81. The summed E-state index contributed by atoms with van der Waals surface area (Å²) < 4.78 is 38.0. The lowest BCUT2D eigenvalue weighted by Gasteiger charge is -2.12. The average molecular weight is 345 g/mol. The van der Waals surface area contributed by atoms with Crippen molar-refractivity contribution in [2.45, 2.75) is 12.7 Å². The lowest BCUT2D eigenvalue weighted by Crippen LogP contribution is -2.06. The van der Waals surface area contributed by atoms with Gasteiger partial charge in [0, 0.05) is 22.4 Å². The van der Waals surface area contributed by atoms with E-state index in [1.54, 1.807) is 12.1 Å². The number of hydrogen-bond acceptors (Lipinski definition) is 2. The molecule has 6 heteroatoms. The van der Waals surface area contributed by atoms with E-state index in [1.165, 1.54) is 6.07 Å². The van der Waals surface area contributed by atoms with Gasteiger partial charge in [-0.25, -0.2) is 0 Å². The molecule has 0 aromatic heterocycles. The zero-order valence-electron chi connectivity index (χ0n) is 10.3. The number of nitrogens with one attached hydrogen (secondary N) is 1. The number of hydrogen-bond donors (Lipinski definition) is 2. The van der Waals surface area contributed by atoms with Gasteiger partial charge in [0.05, 0.1) is 5.56 Å². The van der Waals surface area contributed by atoms with Gasteiger partial charge in [0.15, 0.2) is 0 Å². The zero-order valence-corrected chi connectivity index (χ0v) is 11.9. The molecule has 2 rings (SSSR count). The van der Waals surface area contributed by atoms with Crippen molar-refractivity contribution < 1.29 is 13.2 Å². The molecule has 2 aromatic carbocycles. The van der Waals surface area contributed by atoms with Crippen LogP contribution in [0.2, 0.25) is 0 Å². The molecule has 0 amide bonds. The van der Waals surface area contributed by atoms with Crippen LogP contribution in [0.4, 0.5) is 24.5 Å². The Morgan fingerprint density at radius 3 is 2.25 bits per heavy atom. The molecule has 0 spiro atoms. The summed E-state index contributed by atoms with van der Waals surface area (Å²) in [7, 11) is 0. The Kier molecular flexibility index (Phi) is 4.23. The smallest absolute Gasteiger partial charge is 0.399 e. The van der Waals surface area contributed by atoms with E-state index in [0.717, 1.165) is 17.7 Å². The molecule has 0 unspecified atom stereocenters. The number of anilines is 2. The molecule has 106 valence electrons. The Bertz CT molecular complexity index is 594. The van der Waals surface area contributed by atoms with Crippen LogP contribution in [0.1, 0.15) is 11.1 Å². The zero-order chi connectivity index (χ0) is 14.8. The molecule has 0 saturated carbocycles. The molecular weight excluding hydrogens is 333 g/mol. The lowest BCUT2D eigenvalue weighted by atomic mass is 10.2. The second-order valence-corrected chi connectivity index (χ2v) is 5.14. The SMILES string of the molecule is Nc1ccc(CNc2ccc(C(F)(F)F)cc2Br)cc1. The molecule has 0 bridgehead atoms. The van der Waals surface area contributed by atoms with E-state index in [9.17, 15) is 13.2 Å². The van der Waals surface area contributed by atoms with E-state index >= 15 is 0 Å². The largest absolute Gasteiger partial charge is 0.416 e. The van der Waals surface area contributed by atoms with Crippen LogP contribution in [0.25, 0.3) is 0 Å². The van der Waals surface area contributed by atoms with Crippen LogP contribution in [0, 0.1) is 0 Å². The summed E-state index contributed by atoms with van der Waals surface area (Å²) in [4.78, 5) is 0. The van der Waals surface area contributed by atoms with Crippen LogP contribution in [-0.4, -0.2) is 0 Å². The normalized spacial score (nSPS) is 11.4. The number of rotatable bonds is 3. The van der Waals surface area contributed by atoms with Crippen LogP contribution in [0.15, 0.2) is 46.9 Å². The Morgan fingerprint density at radius 1 is 1.05 bits per heavy atom. The summed E-state index contributed by atoms with van der Waals surface area (Å²) >= 11 is 3.14. The summed E-state index contributed by atoms with van der Waals surface area (Å²) in [6, 6.07) is 10.8. The van der Waals surface area contributed by atoms with Crippen molar-refractivity contribution in [3.8, 4) is 0 Å². The second-order valence-electron chi connectivity index (χ2n) is 4.29. The van der Waals surface area contributed by atoms with Gasteiger partial charge in [0.25, 0.3) is 0 Å². The third-order valence-electron chi connectivity index (χ3n) is 2.76. The van der Waals surface area contributed by atoms with Crippen molar-refractivity contribution >= 4 is 27.3 Å². The summed E-state index contributed by atoms with van der Waals surface area (Å²) in [5.74, 6) is 0. The highest BCUT2D eigenvalue weighted by molar-refractivity contribution is 9.10. The summed E-state index contributed by atoms with van der Waals surface area (Å²) in [6.07, 6.45) is -4.34. The fourth-order valence-electron chi connectivity index (χ4n) is 1.67. The summed E-state index contributed by atoms with van der Waals surface area (Å²) in [6.45, 7) is 0.504. The van der Waals surface area contributed by atoms with Crippen molar-refractivity contribution in [1.82, 2.24) is 0 Å².